The molecule has 0 radical (unpaired) electrons. The fraction of sp³-hybridized carbons (Fsp3) is 0.462. The van der Waals surface area contributed by atoms with Crippen LogP contribution in [-0.2, 0) is 10.2 Å². The molecule has 1 aliphatic rings. The molecular formula is C13H15BrClNO3. The van der Waals surface area contributed by atoms with E-state index >= 15 is 0 Å². The van der Waals surface area contributed by atoms with Crippen LogP contribution in [-0.4, -0.2) is 35.4 Å². The number of benzene rings is 1. The first-order chi connectivity index (χ1) is 9.03. The molecule has 1 aliphatic carbocycles. The Balaban J connectivity index is 2.18. The van der Waals surface area contributed by atoms with Crippen molar-refractivity contribution in [3.8, 4) is 0 Å². The van der Waals surface area contributed by atoms with E-state index < -0.39 is 11.5 Å². The second-order valence-corrected chi connectivity index (χ2v) is 6.01. The molecule has 0 bridgehead atoms. The highest BCUT2D eigenvalue weighted by atomic mass is 79.9. The molecule has 0 aromatic heterocycles. The molecular weight excluding hydrogens is 334 g/mol. The molecule has 6 heteroatoms. The molecule has 0 aliphatic heterocycles. The van der Waals surface area contributed by atoms with E-state index in [9.17, 15) is 4.79 Å². The van der Waals surface area contributed by atoms with Crippen molar-refractivity contribution >= 4 is 33.4 Å². The van der Waals surface area contributed by atoms with Gasteiger partial charge in [-0.2, -0.15) is 0 Å². The van der Waals surface area contributed by atoms with Crippen LogP contribution in [0, 0.1) is 0 Å². The largest absolute Gasteiger partial charge is 0.394 e. The summed E-state index contributed by atoms with van der Waals surface area (Å²) in [5.41, 5.74) is 0.306. The zero-order chi connectivity index (χ0) is 14.0. The van der Waals surface area contributed by atoms with Crippen LogP contribution < -0.4 is 5.32 Å². The number of amides is 1. The normalized spacial score (nSPS) is 16.5. The van der Waals surface area contributed by atoms with Gasteiger partial charge in [-0.3, -0.25) is 4.79 Å². The summed E-state index contributed by atoms with van der Waals surface area (Å²) < 4.78 is 0.790. The van der Waals surface area contributed by atoms with Crippen molar-refractivity contribution in [3.63, 3.8) is 0 Å². The van der Waals surface area contributed by atoms with Gasteiger partial charge in [-0.15, -0.1) is 0 Å². The molecule has 1 fully saturated rings. The van der Waals surface area contributed by atoms with Gasteiger partial charge in [0.05, 0.1) is 29.7 Å². The predicted octanol–water partition coefficient (Wildman–Crippen LogP) is 1.60. The minimum atomic E-state index is -0.615. The Hall–Kier alpha value is -0.620. The van der Waals surface area contributed by atoms with Gasteiger partial charge < -0.3 is 15.5 Å². The van der Waals surface area contributed by atoms with Crippen LogP contribution in [0.2, 0.25) is 5.02 Å². The van der Waals surface area contributed by atoms with Crippen LogP contribution in [0.1, 0.15) is 18.4 Å². The summed E-state index contributed by atoms with van der Waals surface area (Å²) in [6.07, 6.45) is 1.50. The SMILES string of the molecule is O=C(NC(CO)CO)C1(c2ccc(Br)c(Cl)c2)CC1. The van der Waals surface area contributed by atoms with Gasteiger partial charge >= 0.3 is 0 Å². The van der Waals surface area contributed by atoms with E-state index in [1.165, 1.54) is 0 Å². The van der Waals surface area contributed by atoms with Crippen molar-refractivity contribution in [1.29, 1.82) is 0 Å². The highest BCUT2D eigenvalue weighted by Gasteiger charge is 2.51. The third-order valence-electron chi connectivity index (χ3n) is 3.43. The van der Waals surface area contributed by atoms with Crippen LogP contribution in [0.15, 0.2) is 22.7 Å². The summed E-state index contributed by atoms with van der Waals surface area (Å²) in [6.45, 7) is -0.557. The average Bonchev–Trinajstić information content (AvgIpc) is 3.20. The van der Waals surface area contributed by atoms with Crippen molar-refractivity contribution in [1.82, 2.24) is 5.32 Å². The fourth-order valence-corrected chi connectivity index (χ4v) is 2.47. The lowest BCUT2D eigenvalue weighted by atomic mass is 9.94. The Morgan fingerprint density at radius 2 is 2.05 bits per heavy atom. The smallest absolute Gasteiger partial charge is 0.231 e. The predicted molar refractivity (Wildman–Crippen MR) is 76.2 cm³/mol. The van der Waals surface area contributed by atoms with Crippen LogP contribution in [0.3, 0.4) is 0 Å². The monoisotopic (exact) mass is 347 g/mol. The van der Waals surface area contributed by atoms with E-state index in [1.807, 2.05) is 12.1 Å². The molecule has 0 spiro atoms. The van der Waals surface area contributed by atoms with Gasteiger partial charge in [0.2, 0.25) is 5.91 Å². The lowest BCUT2D eigenvalue weighted by Gasteiger charge is -2.20. The van der Waals surface area contributed by atoms with E-state index in [0.29, 0.717) is 5.02 Å². The van der Waals surface area contributed by atoms with Crippen molar-refractivity contribution in [2.24, 2.45) is 0 Å². The van der Waals surface area contributed by atoms with E-state index in [1.54, 1.807) is 6.07 Å². The topological polar surface area (TPSA) is 69.6 Å². The van der Waals surface area contributed by atoms with E-state index in [4.69, 9.17) is 21.8 Å². The number of aliphatic hydroxyl groups excluding tert-OH is 2. The van der Waals surface area contributed by atoms with E-state index in [-0.39, 0.29) is 19.1 Å². The molecule has 0 heterocycles. The first-order valence-electron chi connectivity index (χ1n) is 6.01. The zero-order valence-electron chi connectivity index (χ0n) is 10.2. The summed E-state index contributed by atoms with van der Waals surface area (Å²) in [7, 11) is 0. The zero-order valence-corrected chi connectivity index (χ0v) is 12.5. The Morgan fingerprint density at radius 3 is 2.53 bits per heavy atom. The molecule has 2 rings (SSSR count). The Morgan fingerprint density at radius 1 is 1.42 bits per heavy atom. The van der Waals surface area contributed by atoms with Crippen molar-refractivity contribution < 1.29 is 15.0 Å². The number of hydrogen-bond acceptors (Lipinski definition) is 3. The summed E-state index contributed by atoms with van der Waals surface area (Å²) >= 11 is 9.37. The van der Waals surface area contributed by atoms with Gasteiger partial charge in [0.15, 0.2) is 0 Å². The third-order valence-corrected chi connectivity index (χ3v) is 4.67. The number of halogens is 2. The Labute approximate surface area is 124 Å². The van der Waals surface area contributed by atoms with Crippen LogP contribution in [0.4, 0.5) is 0 Å². The number of carbonyl (C=O) groups excluding carboxylic acids is 1. The number of hydrogen-bond donors (Lipinski definition) is 3. The van der Waals surface area contributed by atoms with E-state index in [0.717, 1.165) is 22.9 Å². The molecule has 1 saturated carbocycles. The maximum Gasteiger partial charge on any atom is 0.231 e. The average molecular weight is 349 g/mol. The molecule has 4 nitrogen and oxygen atoms in total. The van der Waals surface area contributed by atoms with Gasteiger partial charge in [0, 0.05) is 4.47 Å². The molecule has 19 heavy (non-hydrogen) atoms. The van der Waals surface area contributed by atoms with Gasteiger partial charge in [-0.1, -0.05) is 17.7 Å². The Bertz CT molecular complexity index is 487. The minimum absolute atomic E-state index is 0.168. The highest BCUT2D eigenvalue weighted by molar-refractivity contribution is 9.10. The molecule has 1 amide bonds. The molecule has 1 aromatic carbocycles. The third kappa shape index (κ3) is 2.94. The number of carbonyl (C=O) groups is 1. The standard InChI is InChI=1S/C13H15BrClNO3/c14-10-2-1-8(5-11(10)15)13(3-4-13)12(19)16-9(6-17)7-18/h1-2,5,9,17-18H,3-4,6-7H2,(H,16,19). The van der Waals surface area contributed by atoms with Gasteiger partial charge in [0.25, 0.3) is 0 Å². The summed E-state index contributed by atoms with van der Waals surface area (Å²) in [5.74, 6) is -0.168. The van der Waals surface area contributed by atoms with Crippen LogP contribution in [0.5, 0.6) is 0 Å². The maximum atomic E-state index is 12.3. The minimum Gasteiger partial charge on any atom is -0.394 e. The summed E-state index contributed by atoms with van der Waals surface area (Å²) in [5, 5.41) is 21.2. The van der Waals surface area contributed by atoms with Crippen molar-refractivity contribution in [3.05, 3.63) is 33.3 Å². The lowest BCUT2D eigenvalue weighted by molar-refractivity contribution is -0.125. The molecule has 1 aromatic rings. The van der Waals surface area contributed by atoms with Gasteiger partial charge in [-0.05, 0) is 46.5 Å². The van der Waals surface area contributed by atoms with Crippen molar-refractivity contribution in [2.45, 2.75) is 24.3 Å². The second-order valence-electron chi connectivity index (χ2n) is 4.75. The van der Waals surface area contributed by atoms with Crippen molar-refractivity contribution in [2.75, 3.05) is 13.2 Å². The van der Waals surface area contributed by atoms with Crippen LogP contribution in [0.25, 0.3) is 0 Å². The maximum absolute atomic E-state index is 12.3. The van der Waals surface area contributed by atoms with Gasteiger partial charge in [-0.25, -0.2) is 0 Å². The fourth-order valence-electron chi connectivity index (χ4n) is 2.04. The van der Waals surface area contributed by atoms with E-state index in [2.05, 4.69) is 21.2 Å². The second kappa shape index (κ2) is 5.79. The van der Waals surface area contributed by atoms with Crippen LogP contribution >= 0.6 is 27.5 Å². The van der Waals surface area contributed by atoms with Gasteiger partial charge in [0.1, 0.15) is 0 Å². The highest BCUT2D eigenvalue weighted by Crippen LogP contribution is 2.49. The molecule has 0 atom stereocenters. The first kappa shape index (κ1) is 14.8. The Kier molecular flexibility index (Phi) is 4.50. The summed E-state index contributed by atoms with van der Waals surface area (Å²) in [6, 6.07) is 4.86. The summed E-state index contributed by atoms with van der Waals surface area (Å²) in [4.78, 5) is 12.3. The lowest BCUT2D eigenvalue weighted by Crippen LogP contribution is -2.45. The molecule has 104 valence electrons. The molecule has 0 unspecified atom stereocenters. The number of aliphatic hydroxyl groups is 2. The molecule has 3 N–H and O–H groups in total. The quantitative estimate of drug-likeness (QED) is 0.757. The first-order valence-corrected chi connectivity index (χ1v) is 7.19. The number of nitrogens with one attached hydrogen (secondary N) is 1. The molecule has 0 saturated heterocycles. The number of rotatable bonds is 5.